The van der Waals surface area contributed by atoms with Crippen LogP contribution in [0.2, 0.25) is 38.3 Å². The van der Waals surface area contributed by atoms with Crippen LogP contribution in [0.5, 0.6) is 0 Å². The molecule has 0 fully saturated rings. The molecular weight excluding hydrogens is 361 g/mol. The summed E-state index contributed by atoms with van der Waals surface area (Å²) in [6, 6.07) is 0. The third-order valence-corrected chi connectivity index (χ3v) is 10.1. The number of carboxylic acid groups (broad SMARTS) is 1. The van der Waals surface area contributed by atoms with Crippen LogP contribution in [-0.2, 0) is 18.4 Å². The topological polar surface area (TPSA) is 75.7 Å². The van der Waals surface area contributed by atoms with Crippen molar-refractivity contribution in [1.29, 1.82) is 0 Å². The summed E-state index contributed by atoms with van der Waals surface area (Å²) < 4.78 is 49.3. The minimum Gasteiger partial charge on any atom is -0.545 e. The highest BCUT2D eigenvalue weighted by molar-refractivity contribution is 6.85. The standard InChI is InChI=1S/C14H25F3O5Si2/c1-23(2,3)22-24(4,5)11(10-14(15,16)17)8-9-21-13(20)7-6-12(18)19/h6-7,11H,8-10H2,1-5H3,(H,18,19)/p-1/b7-6+. The molecule has 0 radical (unpaired) electrons. The van der Waals surface area contributed by atoms with Gasteiger partial charge in [-0.3, -0.25) is 0 Å². The van der Waals surface area contributed by atoms with Gasteiger partial charge in [0, 0.05) is 12.5 Å². The second kappa shape index (κ2) is 8.81. The molecular formula is C14H24F3O5Si2-. The number of esters is 1. The summed E-state index contributed by atoms with van der Waals surface area (Å²) in [5, 5.41) is 10.2. The Morgan fingerprint density at radius 2 is 1.67 bits per heavy atom. The number of rotatable bonds is 9. The maximum absolute atomic E-state index is 12.9. The fourth-order valence-electron chi connectivity index (χ4n) is 2.33. The van der Waals surface area contributed by atoms with Crippen LogP contribution < -0.4 is 5.11 Å². The summed E-state index contributed by atoms with van der Waals surface area (Å²) in [6.07, 6.45) is -4.16. The Hall–Kier alpha value is -1.14. The van der Waals surface area contributed by atoms with Crippen LogP contribution in [0.1, 0.15) is 12.8 Å². The minimum atomic E-state index is -4.34. The number of carboxylic acids is 1. The molecule has 0 aromatic rings. The summed E-state index contributed by atoms with van der Waals surface area (Å²) >= 11 is 0. The van der Waals surface area contributed by atoms with Crippen LogP contribution >= 0.6 is 0 Å². The second-order valence-corrected chi connectivity index (χ2v) is 16.0. The van der Waals surface area contributed by atoms with E-state index in [2.05, 4.69) is 0 Å². The fraction of sp³-hybridized carbons (Fsp3) is 0.714. The van der Waals surface area contributed by atoms with Gasteiger partial charge in [-0.25, -0.2) is 4.79 Å². The van der Waals surface area contributed by atoms with Crippen LogP contribution in [-0.4, -0.2) is 41.4 Å². The van der Waals surface area contributed by atoms with Crippen molar-refractivity contribution in [2.75, 3.05) is 6.61 Å². The number of carbonyl (C=O) groups is 2. The van der Waals surface area contributed by atoms with E-state index in [1.165, 1.54) is 0 Å². The highest BCUT2D eigenvalue weighted by atomic mass is 28.4. The normalized spacial score (nSPS) is 14.7. The number of ether oxygens (including phenoxy) is 1. The van der Waals surface area contributed by atoms with Gasteiger partial charge in [0.1, 0.15) is 0 Å². The summed E-state index contributed by atoms with van der Waals surface area (Å²) in [7, 11) is -4.67. The van der Waals surface area contributed by atoms with Gasteiger partial charge in [0.2, 0.25) is 0 Å². The molecule has 0 saturated heterocycles. The van der Waals surface area contributed by atoms with Crippen molar-refractivity contribution in [3.63, 3.8) is 0 Å². The Balaban J connectivity index is 4.86. The smallest absolute Gasteiger partial charge is 0.389 e. The van der Waals surface area contributed by atoms with E-state index in [9.17, 15) is 27.9 Å². The highest BCUT2D eigenvalue weighted by Crippen LogP contribution is 2.39. The Morgan fingerprint density at radius 1 is 1.12 bits per heavy atom. The van der Waals surface area contributed by atoms with E-state index in [1.807, 2.05) is 19.6 Å². The number of halogens is 3. The lowest BCUT2D eigenvalue weighted by Gasteiger charge is -2.38. The Morgan fingerprint density at radius 3 is 2.08 bits per heavy atom. The lowest BCUT2D eigenvalue weighted by molar-refractivity contribution is -0.297. The molecule has 10 heteroatoms. The quantitative estimate of drug-likeness (QED) is 0.346. The van der Waals surface area contributed by atoms with Gasteiger partial charge in [-0.1, -0.05) is 0 Å². The molecule has 140 valence electrons. The van der Waals surface area contributed by atoms with Crippen molar-refractivity contribution < 1.29 is 36.7 Å². The fourth-order valence-corrected chi connectivity index (χ4v) is 10.8. The van der Waals surface area contributed by atoms with Gasteiger partial charge in [0.05, 0.1) is 12.6 Å². The van der Waals surface area contributed by atoms with Gasteiger partial charge in [0.15, 0.2) is 16.6 Å². The van der Waals surface area contributed by atoms with Gasteiger partial charge < -0.3 is 18.8 Å². The Labute approximate surface area is 142 Å². The Kier molecular flexibility index (Phi) is 8.39. The molecule has 0 aliphatic heterocycles. The molecule has 0 aromatic carbocycles. The molecule has 24 heavy (non-hydrogen) atoms. The van der Waals surface area contributed by atoms with Crippen molar-refractivity contribution in [3.8, 4) is 0 Å². The molecule has 0 saturated carbocycles. The lowest BCUT2D eigenvalue weighted by Crippen LogP contribution is -2.47. The van der Waals surface area contributed by atoms with Crippen molar-refractivity contribution >= 4 is 28.6 Å². The van der Waals surface area contributed by atoms with E-state index in [4.69, 9.17) is 8.85 Å². The molecule has 0 amide bonds. The number of carbonyl (C=O) groups excluding carboxylic acids is 2. The van der Waals surface area contributed by atoms with Gasteiger partial charge in [-0.2, -0.15) is 13.2 Å². The first-order chi connectivity index (χ1) is 10.6. The monoisotopic (exact) mass is 385 g/mol. The van der Waals surface area contributed by atoms with Gasteiger partial charge in [-0.15, -0.1) is 0 Å². The van der Waals surface area contributed by atoms with Crippen LogP contribution in [0.4, 0.5) is 13.2 Å². The zero-order chi connectivity index (χ0) is 19.2. The minimum absolute atomic E-state index is 0.00805. The van der Waals surface area contributed by atoms with E-state index < -0.39 is 46.7 Å². The number of aliphatic carboxylic acids is 1. The van der Waals surface area contributed by atoms with Crippen LogP contribution in [0.15, 0.2) is 12.2 Å². The first kappa shape index (κ1) is 22.9. The average molecular weight is 386 g/mol. The van der Waals surface area contributed by atoms with Crippen LogP contribution in [0.3, 0.4) is 0 Å². The molecule has 0 aliphatic carbocycles. The SMILES string of the molecule is C[Si](C)(C)O[Si](C)(C)C(CCOC(=O)/C=C/C(=O)[O-])CC(F)(F)F. The molecule has 0 spiro atoms. The molecule has 0 aromatic heterocycles. The first-order valence-electron chi connectivity index (χ1n) is 7.45. The summed E-state index contributed by atoms with van der Waals surface area (Å²) in [6.45, 7) is 8.98. The Bertz CT molecular complexity index is 470. The van der Waals surface area contributed by atoms with Crippen molar-refractivity contribution in [2.24, 2.45) is 0 Å². The number of hydrogen-bond donors (Lipinski definition) is 0. The van der Waals surface area contributed by atoms with E-state index in [1.54, 1.807) is 13.1 Å². The molecule has 0 rings (SSSR count). The third-order valence-electron chi connectivity index (χ3n) is 3.10. The van der Waals surface area contributed by atoms with Crippen LogP contribution in [0, 0.1) is 0 Å². The van der Waals surface area contributed by atoms with Crippen LogP contribution in [0.25, 0.3) is 0 Å². The van der Waals surface area contributed by atoms with Crippen molar-refractivity contribution in [1.82, 2.24) is 0 Å². The molecule has 5 nitrogen and oxygen atoms in total. The zero-order valence-corrected chi connectivity index (χ0v) is 16.5. The molecule has 0 bridgehead atoms. The second-order valence-electron chi connectivity index (χ2n) is 6.94. The van der Waals surface area contributed by atoms with Gasteiger partial charge in [-0.05, 0) is 50.8 Å². The predicted octanol–water partition coefficient (Wildman–Crippen LogP) is 2.61. The third kappa shape index (κ3) is 11.4. The van der Waals surface area contributed by atoms with Gasteiger partial charge >= 0.3 is 12.1 Å². The van der Waals surface area contributed by atoms with Gasteiger partial charge in [0.25, 0.3) is 0 Å². The molecule has 0 N–H and O–H groups in total. The number of hydrogen-bond acceptors (Lipinski definition) is 5. The largest absolute Gasteiger partial charge is 0.545 e. The van der Waals surface area contributed by atoms with E-state index in [0.717, 1.165) is 0 Å². The summed E-state index contributed by atoms with van der Waals surface area (Å²) in [5.41, 5.74) is -0.762. The molecule has 1 unspecified atom stereocenters. The van der Waals surface area contributed by atoms with Crippen molar-refractivity contribution in [2.45, 2.75) is 57.3 Å². The molecule has 0 aliphatic rings. The summed E-state index contributed by atoms with van der Waals surface area (Å²) in [4.78, 5) is 21.4. The highest BCUT2D eigenvalue weighted by Gasteiger charge is 2.43. The van der Waals surface area contributed by atoms with Crippen molar-refractivity contribution in [3.05, 3.63) is 12.2 Å². The molecule has 1 atom stereocenters. The maximum atomic E-state index is 12.9. The maximum Gasteiger partial charge on any atom is 0.389 e. The predicted molar refractivity (Wildman–Crippen MR) is 86.1 cm³/mol. The first-order valence-corrected chi connectivity index (χ1v) is 13.8. The number of alkyl halides is 3. The van der Waals surface area contributed by atoms with E-state index in [0.29, 0.717) is 12.2 Å². The molecule has 0 heterocycles. The zero-order valence-electron chi connectivity index (χ0n) is 14.5. The van der Waals surface area contributed by atoms with E-state index in [-0.39, 0.29) is 13.0 Å². The lowest BCUT2D eigenvalue weighted by atomic mass is 10.2. The summed E-state index contributed by atoms with van der Waals surface area (Å²) in [5.74, 6) is -2.49. The average Bonchev–Trinajstić information content (AvgIpc) is 2.30. The van der Waals surface area contributed by atoms with E-state index >= 15 is 0 Å².